The van der Waals surface area contributed by atoms with E-state index in [4.69, 9.17) is 0 Å². The van der Waals surface area contributed by atoms with Gasteiger partial charge in [-0.2, -0.15) is 0 Å². The van der Waals surface area contributed by atoms with Crippen LogP contribution in [0.25, 0.3) is 0 Å². The van der Waals surface area contributed by atoms with Crippen molar-refractivity contribution in [3.05, 3.63) is 34.4 Å². The molecular weight excluding hydrogens is 207 g/mol. The van der Waals surface area contributed by atoms with E-state index in [0.29, 0.717) is 12.6 Å². The number of benzene rings is 1. The van der Waals surface area contributed by atoms with Crippen molar-refractivity contribution >= 4 is 14.2 Å². The fourth-order valence-corrected chi connectivity index (χ4v) is 2.19. The summed E-state index contributed by atoms with van der Waals surface area (Å²) >= 11 is 0. The van der Waals surface area contributed by atoms with E-state index in [1.807, 2.05) is 32.9 Å². The highest BCUT2D eigenvalue weighted by Crippen LogP contribution is 2.18. The van der Waals surface area contributed by atoms with Crippen molar-refractivity contribution in [1.82, 2.24) is 0 Å². The Kier molecular flexibility index (Phi) is 4.16. The van der Waals surface area contributed by atoms with Gasteiger partial charge in [0.2, 0.25) is 0 Å². The Bertz CT molecular complexity index is 374. The molecule has 0 heterocycles. The van der Waals surface area contributed by atoms with Gasteiger partial charge >= 0.3 is 0 Å². The van der Waals surface area contributed by atoms with E-state index in [9.17, 15) is 9.36 Å². The number of hydrogen-bond donors (Lipinski definition) is 0. The summed E-state index contributed by atoms with van der Waals surface area (Å²) < 4.78 is 10.3. The monoisotopic (exact) mass is 222 g/mol. The summed E-state index contributed by atoms with van der Waals surface area (Å²) in [5.41, 5.74) is 3.99. The summed E-state index contributed by atoms with van der Waals surface area (Å²) in [6.07, 6.45) is 0.765. The van der Waals surface area contributed by atoms with Crippen LogP contribution in [0.2, 0.25) is 0 Å². The highest BCUT2D eigenvalue weighted by molar-refractivity contribution is 7.23. The van der Waals surface area contributed by atoms with Gasteiger partial charge in [0.25, 0.3) is 0 Å². The average molecular weight is 222 g/mol. The number of aryl methyl sites for hydroxylation is 3. The fourth-order valence-electron chi connectivity index (χ4n) is 1.89. The molecule has 1 aromatic rings. The Balaban J connectivity index is 3.03. The summed E-state index contributed by atoms with van der Waals surface area (Å²) in [4.78, 5) is 11.8. The van der Waals surface area contributed by atoms with Gasteiger partial charge in [-0.15, -0.1) is 0 Å². The van der Waals surface area contributed by atoms with Crippen LogP contribution in [0.5, 0.6) is 0 Å². The lowest BCUT2D eigenvalue weighted by Crippen LogP contribution is -2.05. The molecule has 15 heavy (non-hydrogen) atoms. The molecule has 0 N–H and O–H groups in total. The van der Waals surface area contributed by atoms with Gasteiger partial charge in [0.15, 0.2) is 14.2 Å². The molecule has 0 unspecified atom stereocenters. The zero-order chi connectivity index (χ0) is 11.4. The van der Waals surface area contributed by atoms with Crippen LogP contribution in [0.1, 0.15) is 33.5 Å². The molecule has 0 atom stereocenters. The standard InChI is InChI=1S/C12H15O2P/c1-8-6-9(2)12(10(3)7-8)11(13)4-5-15-14/h6-7H,4-5H2,1-3H3. The first-order valence-corrected chi connectivity index (χ1v) is 5.96. The minimum Gasteiger partial charge on any atom is -0.294 e. The minimum atomic E-state index is 0.0423. The van der Waals surface area contributed by atoms with Crippen molar-refractivity contribution in [2.45, 2.75) is 27.2 Å². The fraction of sp³-hybridized carbons (Fsp3) is 0.417. The van der Waals surface area contributed by atoms with E-state index in [0.717, 1.165) is 16.7 Å². The third kappa shape index (κ3) is 2.97. The van der Waals surface area contributed by atoms with E-state index in [2.05, 4.69) is 0 Å². The highest BCUT2D eigenvalue weighted by atomic mass is 31.1. The maximum atomic E-state index is 11.8. The molecule has 0 aliphatic carbocycles. The van der Waals surface area contributed by atoms with Crippen LogP contribution < -0.4 is 0 Å². The molecule has 0 aliphatic rings. The zero-order valence-electron chi connectivity index (χ0n) is 9.33. The van der Waals surface area contributed by atoms with E-state index in [-0.39, 0.29) is 14.2 Å². The number of rotatable bonds is 4. The second-order valence-corrected chi connectivity index (χ2v) is 4.51. The van der Waals surface area contributed by atoms with Crippen molar-refractivity contribution in [2.24, 2.45) is 0 Å². The van der Waals surface area contributed by atoms with Gasteiger partial charge in [-0.1, -0.05) is 17.7 Å². The van der Waals surface area contributed by atoms with Crippen molar-refractivity contribution in [1.29, 1.82) is 0 Å². The van der Waals surface area contributed by atoms with Crippen LogP contribution in [-0.2, 0) is 4.57 Å². The minimum absolute atomic E-state index is 0.0423. The molecule has 0 fully saturated rings. The average Bonchev–Trinajstić information content (AvgIpc) is 2.12. The van der Waals surface area contributed by atoms with Gasteiger partial charge < -0.3 is 0 Å². The second-order valence-electron chi connectivity index (χ2n) is 3.80. The van der Waals surface area contributed by atoms with E-state index in [1.165, 1.54) is 5.56 Å². The van der Waals surface area contributed by atoms with Gasteiger partial charge in [-0.05, 0) is 31.9 Å². The Labute approximate surface area is 91.9 Å². The number of carbonyl (C=O) groups excluding carboxylic acids is 1. The Hall–Kier alpha value is -1.01. The van der Waals surface area contributed by atoms with Gasteiger partial charge in [-0.25, -0.2) is 0 Å². The predicted molar refractivity (Wildman–Crippen MR) is 62.1 cm³/mol. The van der Waals surface area contributed by atoms with Crippen molar-refractivity contribution in [3.63, 3.8) is 0 Å². The number of hydrogen-bond acceptors (Lipinski definition) is 2. The van der Waals surface area contributed by atoms with Crippen molar-refractivity contribution in [2.75, 3.05) is 6.16 Å². The van der Waals surface area contributed by atoms with E-state index >= 15 is 0 Å². The SMILES string of the molecule is Cc1cc(C)c(C(=O)CCP=O)c(C)c1. The summed E-state index contributed by atoms with van der Waals surface area (Å²) in [7, 11) is 0.0423. The van der Waals surface area contributed by atoms with Gasteiger partial charge in [0.1, 0.15) is 0 Å². The molecular formula is C12H15O2P. The molecule has 1 aromatic carbocycles. The topological polar surface area (TPSA) is 34.1 Å². The largest absolute Gasteiger partial charge is 0.294 e. The molecule has 0 saturated carbocycles. The van der Waals surface area contributed by atoms with Crippen LogP contribution >= 0.6 is 8.46 Å². The molecule has 0 aliphatic heterocycles. The summed E-state index contributed by atoms with van der Waals surface area (Å²) in [6, 6.07) is 4.02. The van der Waals surface area contributed by atoms with Crippen LogP contribution in [0.15, 0.2) is 12.1 Å². The van der Waals surface area contributed by atoms with Crippen molar-refractivity contribution < 1.29 is 9.36 Å². The molecule has 0 aromatic heterocycles. The first kappa shape index (κ1) is 12.1. The van der Waals surface area contributed by atoms with Crippen LogP contribution in [0.3, 0.4) is 0 Å². The zero-order valence-corrected chi connectivity index (χ0v) is 10.2. The number of Topliss-reactive ketones (excluding diaryl/α,β-unsaturated/α-hetero) is 1. The first-order valence-electron chi connectivity index (χ1n) is 4.96. The Morgan fingerprint density at radius 3 is 2.20 bits per heavy atom. The maximum Gasteiger partial charge on any atom is 0.164 e. The lowest BCUT2D eigenvalue weighted by atomic mass is 9.96. The summed E-state index contributed by atoms with van der Waals surface area (Å²) in [5.74, 6) is 0.0911. The molecule has 0 amide bonds. The molecule has 3 heteroatoms. The molecule has 0 spiro atoms. The van der Waals surface area contributed by atoms with E-state index < -0.39 is 0 Å². The van der Waals surface area contributed by atoms with Gasteiger partial charge in [0.05, 0.1) is 0 Å². The number of ketones is 1. The van der Waals surface area contributed by atoms with Gasteiger partial charge in [-0.3, -0.25) is 9.36 Å². The van der Waals surface area contributed by atoms with Crippen molar-refractivity contribution in [3.8, 4) is 0 Å². The molecule has 1 rings (SSSR count). The highest BCUT2D eigenvalue weighted by Gasteiger charge is 2.12. The lowest BCUT2D eigenvalue weighted by Gasteiger charge is -2.09. The van der Waals surface area contributed by atoms with E-state index in [1.54, 1.807) is 0 Å². The second kappa shape index (κ2) is 5.18. The molecule has 0 saturated heterocycles. The predicted octanol–water partition coefficient (Wildman–Crippen LogP) is 3.48. The molecule has 80 valence electrons. The molecule has 0 bridgehead atoms. The Morgan fingerprint density at radius 2 is 1.73 bits per heavy atom. The first-order chi connectivity index (χ1) is 7.06. The number of carbonyl (C=O) groups is 1. The molecule has 2 nitrogen and oxygen atoms in total. The van der Waals surface area contributed by atoms with Gasteiger partial charge in [0, 0.05) is 18.1 Å². The lowest BCUT2D eigenvalue weighted by molar-refractivity contribution is 0.0988. The normalized spacial score (nSPS) is 10.6. The third-order valence-electron chi connectivity index (χ3n) is 2.39. The summed E-state index contributed by atoms with van der Waals surface area (Å²) in [6.45, 7) is 5.91. The third-order valence-corrected chi connectivity index (χ3v) is 2.79. The maximum absolute atomic E-state index is 11.8. The molecule has 0 radical (unpaired) electrons. The quantitative estimate of drug-likeness (QED) is 0.577. The smallest absolute Gasteiger partial charge is 0.164 e. The van der Waals surface area contributed by atoms with Crippen LogP contribution in [0.4, 0.5) is 0 Å². The van der Waals surface area contributed by atoms with Crippen LogP contribution in [-0.4, -0.2) is 11.9 Å². The van der Waals surface area contributed by atoms with Crippen LogP contribution in [0, 0.1) is 20.8 Å². The summed E-state index contributed by atoms with van der Waals surface area (Å²) in [5, 5.41) is 0. The Morgan fingerprint density at radius 1 is 1.20 bits per heavy atom.